The summed E-state index contributed by atoms with van der Waals surface area (Å²) in [4.78, 5) is 30.2. The van der Waals surface area contributed by atoms with E-state index in [1.807, 2.05) is 40.2 Å². The number of rotatable bonds is 7. The minimum atomic E-state index is -0.107. The van der Waals surface area contributed by atoms with Gasteiger partial charge < -0.3 is 10.1 Å². The van der Waals surface area contributed by atoms with Crippen LogP contribution in [0.4, 0.5) is 0 Å². The fourth-order valence-corrected chi connectivity index (χ4v) is 4.86. The standard InChI is InChI=1S/C23H23N5O3S/c1-31-18-7-5-15(6-8-18)20-13-27-17(14-32-23(27)25-20)12-21(29)24-9-10-28-22(30)11-16-3-2-4-19(16)26-28/h5-8,11,13-14H,2-4,9-10,12H2,1H3,(H,24,29). The molecule has 4 aromatic rings. The van der Waals surface area contributed by atoms with Gasteiger partial charge in [-0.25, -0.2) is 9.67 Å². The highest BCUT2D eigenvalue weighted by Gasteiger charge is 2.15. The molecule has 0 unspecified atom stereocenters. The summed E-state index contributed by atoms with van der Waals surface area (Å²) in [6.07, 6.45) is 5.08. The second-order valence-corrected chi connectivity index (χ2v) is 8.63. The zero-order valence-corrected chi connectivity index (χ0v) is 18.5. The van der Waals surface area contributed by atoms with Crippen molar-refractivity contribution in [1.29, 1.82) is 0 Å². The highest BCUT2D eigenvalue weighted by molar-refractivity contribution is 7.15. The first-order chi connectivity index (χ1) is 15.6. The van der Waals surface area contributed by atoms with Crippen molar-refractivity contribution in [3.63, 3.8) is 0 Å². The van der Waals surface area contributed by atoms with Gasteiger partial charge in [0.15, 0.2) is 4.96 Å². The van der Waals surface area contributed by atoms with Crippen LogP contribution in [0.3, 0.4) is 0 Å². The van der Waals surface area contributed by atoms with Crippen LogP contribution in [0.25, 0.3) is 16.2 Å². The highest BCUT2D eigenvalue weighted by atomic mass is 32.1. The number of imidazole rings is 1. The number of fused-ring (bicyclic) bond motifs is 2. The van der Waals surface area contributed by atoms with Gasteiger partial charge in [0.05, 0.1) is 31.5 Å². The van der Waals surface area contributed by atoms with Crippen molar-refractivity contribution < 1.29 is 9.53 Å². The number of hydrogen-bond acceptors (Lipinski definition) is 6. The predicted molar refractivity (Wildman–Crippen MR) is 122 cm³/mol. The monoisotopic (exact) mass is 449 g/mol. The number of thiazole rings is 1. The summed E-state index contributed by atoms with van der Waals surface area (Å²) < 4.78 is 8.61. The molecule has 0 aliphatic heterocycles. The van der Waals surface area contributed by atoms with Crippen molar-refractivity contribution in [2.24, 2.45) is 0 Å². The molecule has 164 valence electrons. The van der Waals surface area contributed by atoms with E-state index in [2.05, 4.69) is 15.4 Å². The lowest BCUT2D eigenvalue weighted by atomic mass is 10.2. The Bertz CT molecular complexity index is 1340. The third kappa shape index (κ3) is 4.03. The molecule has 1 aliphatic rings. The van der Waals surface area contributed by atoms with Crippen molar-refractivity contribution in [3.8, 4) is 17.0 Å². The molecule has 0 saturated carbocycles. The number of ether oxygens (including phenoxy) is 1. The molecule has 1 aliphatic carbocycles. The van der Waals surface area contributed by atoms with Crippen LogP contribution in [0.15, 0.2) is 46.7 Å². The summed E-state index contributed by atoms with van der Waals surface area (Å²) in [6, 6.07) is 9.41. The predicted octanol–water partition coefficient (Wildman–Crippen LogP) is 2.48. The molecule has 1 N–H and O–H groups in total. The third-order valence-electron chi connectivity index (χ3n) is 5.68. The number of nitrogens with one attached hydrogen (secondary N) is 1. The Morgan fingerprint density at radius 1 is 1.25 bits per heavy atom. The van der Waals surface area contributed by atoms with Crippen molar-refractivity contribution in [3.05, 3.63) is 69.2 Å². The van der Waals surface area contributed by atoms with Crippen molar-refractivity contribution in [2.75, 3.05) is 13.7 Å². The van der Waals surface area contributed by atoms with E-state index in [1.165, 1.54) is 16.0 Å². The molecule has 0 radical (unpaired) electrons. The van der Waals surface area contributed by atoms with Crippen LogP contribution in [-0.4, -0.2) is 38.7 Å². The van der Waals surface area contributed by atoms with Crippen LogP contribution in [-0.2, 0) is 30.6 Å². The Hall–Kier alpha value is -3.46. The summed E-state index contributed by atoms with van der Waals surface area (Å²) >= 11 is 1.50. The van der Waals surface area contributed by atoms with Crippen LogP contribution < -0.4 is 15.6 Å². The number of carbonyl (C=O) groups is 1. The maximum atomic E-state index is 12.5. The Kier molecular flexibility index (Phi) is 5.48. The molecule has 0 saturated heterocycles. The van der Waals surface area contributed by atoms with Gasteiger partial charge in [0, 0.05) is 35.4 Å². The minimum absolute atomic E-state index is 0.0985. The summed E-state index contributed by atoms with van der Waals surface area (Å²) in [5.74, 6) is 0.697. The second kappa shape index (κ2) is 8.58. The third-order valence-corrected chi connectivity index (χ3v) is 6.57. The van der Waals surface area contributed by atoms with Gasteiger partial charge in [-0.2, -0.15) is 5.10 Å². The van der Waals surface area contributed by atoms with Gasteiger partial charge in [0.25, 0.3) is 5.56 Å². The Labute approximate surface area is 188 Å². The molecular formula is C23H23N5O3S. The zero-order valence-electron chi connectivity index (χ0n) is 17.7. The van der Waals surface area contributed by atoms with Gasteiger partial charge in [-0.05, 0) is 49.1 Å². The number of aryl methyl sites for hydroxylation is 2. The first-order valence-corrected chi connectivity index (χ1v) is 11.5. The van der Waals surface area contributed by atoms with E-state index in [-0.39, 0.29) is 17.9 Å². The number of aromatic nitrogens is 4. The van der Waals surface area contributed by atoms with Crippen LogP contribution in [0.5, 0.6) is 5.75 Å². The van der Waals surface area contributed by atoms with E-state index in [0.29, 0.717) is 13.1 Å². The maximum Gasteiger partial charge on any atom is 0.267 e. The van der Waals surface area contributed by atoms with E-state index >= 15 is 0 Å². The topological polar surface area (TPSA) is 90.5 Å². The normalized spacial score (nSPS) is 12.8. The number of nitrogens with zero attached hydrogens (tertiary/aromatic N) is 4. The molecule has 1 amide bonds. The first-order valence-electron chi connectivity index (χ1n) is 10.6. The molecular weight excluding hydrogens is 426 g/mol. The zero-order chi connectivity index (χ0) is 22.1. The molecule has 0 fully saturated rings. The Morgan fingerprint density at radius 3 is 2.91 bits per heavy atom. The molecule has 0 spiro atoms. The molecule has 8 nitrogen and oxygen atoms in total. The van der Waals surface area contributed by atoms with Gasteiger partial charge in [0.1, 0.15) is 5.75 Å². The van der Waals surface area contributed by atoms with E-state index in [0.717, 1.165) is 58.2 Å². The number of carbonyl (C=O) groups excluding carboxylic acids is 1. The second-order valence-electron chi connectivity index (χ2n) is 7.79. The fraction of sp³-hybridized carbons (Fsp3) is 0.304. The SMILES string of the molecule is COc1ccc(-c2cn3c(CC(=O)NCCn4nc5c(cc4=O)CCC5)csc3n2)cc1. The molecule has 3 heterocycles. The minimum Gasteiger partial charge on any atom is -0.497 e. The Morgan fingerprint density at radius 2 is 2.09 bits per heavy atom. The molecule has 0 bridgehead atoms. The molecule has 5 rings (SSSR count). The lowest BCUT2D eigenvalue weighted by Crippen LogP contribution is -2.33. The smallest absolute Gasteiger partial charge is 0.267 e. The molecule has 0 atom stereocenters. The lowest BCUT2D eigenvalue weighted by molar-refractivity contribution is -0.120. The molecule has 32 heavy (non-hydrogen) atoms. The van der Waals surface area contributed by atoms with Gasteiger partial charge in [0.2, 0.25) is 5.91 Å². The largest absolute Gasteiger partial charge is 0.497 e. The average Bonchev–Trinajstić information content (AvgIpc) is 3.51. The highest BCUT2D eigenvalue weighted by Crippen LogP contribution is 2.25. The first kappa shape index (κ1) is 20.4. The van der Waals surface area contributed by atoms with Gasteiger partial charge >= 0.3 is 0 Å². The van der Waals surface area contributed by atoms with E-state index in [9.17, 15) is 9.59 Å². The van der Waals surface area contributed by atoms with Gasteiger partial charge in [-0.15, -0.1) is 11.3 Å². The lowest BCUT2D eigenvalue weighted by Gasteiger charge is -2.08. The van der Waals surface area contributed by atoms with Crippen LogP contribution >= 0.6 is 11.3 Å². The summed E-state index contributed by atoms with van der Waals surface area (Å²) in [6.45, 7) is 0.725. The number of hydrogen-bond donors (Lipinski definition) is 1. The molecule has 3 aromatic heterocycles. The Balaban J connectivity index is 1.22. The van der Waals surface area contributed by atoms with E-state index in [1.54, 1.807) is 13.2 Å². The fourth-order valence-electron chi connectivity index (χ4n) is 3.99. The van der Waals surface area contributed by atoms with Crippen LogP contribution in [0.2, 0.25) is 0 Å². The average molecular weight is 450 g/mol. The van der Waals surface area contributed by atoms with Gasteiger partial charge in [-0.1, -0.05) is 0 Å². The quantitative estimate of drug-likeness (QED) is 0.468. The molecule has 9 heteroatoms. The van der Waals surface area contributed by atoms with Gasteiger partial charge in [-0.3, -0.25) is 14.0 Å². The van der Waals surface area contributed by atoms with Crippen molar-refractivity contribution >= 4 is 22.2 Å². The summed E-state index contributed by atoms with van der Waals surface area (Å²) in [7, 11) is 1.64. The van der Waals surface area contributed by atoms with E-state index in [4.69, 9.17) is 4.74 Å². The van der Waals surface area contributed by atoms with E-state index < -0.39 is 0 Å². The molecule has 1 aromatic carbocycles. The summed E-state index contributed by atoms with van der Waals surface area (Å²) in [5, 5.41) is 9.29. The summed E-state index contributed by atoms with van der Waals surface area (Å²) in [5.41, 5.74) is 4.68. The number of methoxy groups -OCH3 is 1. The van der Waals surface area contributed by atoms with Crippen molar-refractivity contribution in [1.82, 2.24) is 24.5 Å². The van der Waals surface area contributed by atoms with Crippen LogP contribution in [0, 0.1) is 0 Å². The number of amides is 1. The van der Waals surface area contributed by atoms with Crippen molar-refractivity contribution in [2.45, 2.75) is 32.2 Å². The number of benzene rings is 1. The van der Waals surface area contributed by atoms with Crippen LogP contribution in [0.1, 0.15) is 23.4 Å². The maximum absolute atomic E-state index is 12.5.